The van der Waals surface area contributed by atoms with E-state index in [2.05, 4.69) is 0 Å². The normalized spacial score (nSPS) is 12.2. The van der Waals surface area contributed by atoms with Gasteiger partial charge in [0.15, 0.2) is 0 Å². The zero-order valence-electron chi connectivity index (χ0n) is 8.45. The minimum atomic E-state index is -0.188. The molecule has 0 aliphatic heterocycles. The number of carbonyl (C=O) groups excluding carboxylic acids is 2. The molecule has 0 bridgehead atoms. The van der Waals surface area contributed by atoms with Crippen LogP contribution in [0.15, 0.2) is 0 Å². The Morgan fingerprint density at radius 2 is 2.15 bits per heavy atom. The first kappa shape index (κ1) is 12.5. The summed E-state index contributed by atoms with van der Waals surface area (Å²) in [6, 6.07) is 0. The topological polar surface area (TPSA) is 37.4 Å². The molecule has 0 saturated carbocycles. The number of hydrogen-bond acceptors (Lipinski definition) is 3. The number of amides is 1. The van der Waals surface area contributed by atoms with Crippen molar-refractivity contribution in [1.29, 1.82) is 0 Å². The van der Waals surface area contributed by atoms with E-state index in [-0.39, 0.29) is 11.2 Å². The van der Waals surface area contributed by atoms with Gasteiger partial charge in [-0.15, -0.1) is 11.8 Å². The highest BCUT2D eigenvalue weighted by Crippen LogP contribution is 2.15. The Labute approximate surface area is 83.9 Å². The third-order valence-corrected chi connectivity index (χ3v) is 2.93. The number of aldehydes is 1. The summed E-state index contributed by atoms with van der Waals surface area (Å²) in [6.45, 7) is 4.60. The Morgan fingerprint density at radius 3 is 2.54 bits per heavy atom. The van der Waals surface area contributed by atoms with Crippen molar-refractivity contribution in [3.8, 4) is 0 Å². The lowest BCUT2D eigenvalue weighted by Crippen LogP contribution is -2.34. The second-order valence-electron chi connectivity index (χ2n) is 2.70. The van der Waals surface area contributed by atoms with E-state index in [1.165, 1.54) is 11.8 Å². The highest BCUT2D eigenvalue weighted by molar-refractivity contribution is 8.00. The van der Waals surface area contributed by atoms with E-state index in [4.69, 9.17) is 0 Å². The molecule has 1 atom stereocenters. The summed E-state index contributed by atoms with van der Waals surface area (Å²) >= 11 is 1.53. The fourth-order valence-electron chi connectivity index (χ4n) is 0.930. The van der Waals surface area contributed by atoms with Crippen LogP contribution in [0.2, 0.25) is 0 Å². The molecule has 0 rings (SSSR count). The van der Waals surface area contributed by atoms with Crippen LogP contribution in [-0.4, -0.2) is 41.7 Å². The fourth-order valence-corrected chi connectivity index (χ4v) is 1.87. The first-order valence-corrected chi connectivity index (χ1v) is 5.52. The maximum absolute atomic E-state index is 11.6. The van der Waals surface area contributed by atoms with Crippen LogP contribution in [0.3, 0.4) is 0 Å². The molecule has 0 fully saturated rings. The quantitative estimate of drug-likeness (QED) is 0.608. The highest BCUT2D eigenvalue weighted by atomic mass is 32.2. The van der Waals surface area contributed by atoms with Crippen molar-refractivity contribution in [2.24, 2.45) is 0 Å². The van der Waals surface area contributed by atoms with Crippen LogP contribution in [0.1, 0.15) is 20.3 Å². The predicted molar refractivity (Wildman–Crippen MR) is 55.9 cm³/mol. The zero-order chi connectivity index (χ0) is 10.3. The molecule has 0 spiro atoms. The van der Waals surface area contributed by atoms with Gasteiger partial charge in [0.25, 0.3) is 0 Å². The minimum Gasteiger partial charge on any atom is -0.345 e. The molecule has 13 heavy (non-hydrogen) atoms. The number of rotatable bonds is 6. The molecule has 1 amide bonds. The smallest absolute Gasteiger partial charge is 0.235 e. The molecule has 0 aromatic carbocycles. The third-order valence-electron chi connectivity index (χ3n) is 1.80. The maximum Gasteiger partial charge on any atom is 0.235 e. The van der Waals surface area contributed by atoms with E-state index in [0.29, 0.717) is 13.0 Å². The molecular weight excluding hydrogens is 186 g/mol. The standard InChI is InChI=1S/C9H17NO2S/c1-4-10(3)9(12)8(6-7-11)13-5-2/h7-8H,4-6H2,1-3H3. The molecule has 0 aromatic heterocycles. The number of thioether (sulfide) groups is 1. The van der Waals surface area contributed by atoms with Crippen LogP contribution < -0.4 is 0 Å². The van der Waals surface area contributed by atoms with Crippen molar-refractivity contribution in [2.45, 2.75) is 25.5 Å². The molecule has 0 aliphatic rings. The molecule has 0 aromatic rings. The average Bonchev–Trinajstić information content (AvgIpc) is 2.15. The van der Waals surface area contributed by atoms with E-state index >= 15 is 0 Å². The van der Waals surface area contributed by atoms with Crippen LogP contribution in [0, 0.1) is 0 Å². The summed E-state index contributed by atoms with van der Waals surface area (Å²) < 4.78 is 0. The summed E-state index contributed by atoms with van der Waals surface area (Å²) in [5.74, 6) is 0.920. The Bertz CT molecular complexity index is 173. The van der Waals surface area contributed by atoms with Gasteiger partial charge in [0.1, 0.15) is 6.29 Å². The molecule has 4 heteroatoms. The van der Waals surface area contributed by atoms with Crippen molar-refractivity contribution in [3.05, 3.63) is 0 Å². The van der Waals surface area contributed by atoms with Gasteiger partial charge in [-0.2, -0.15) is 0 Å². The third kappa shape index (κ3) is 4.31. The average molecular weight is 203 g/mol. The first-order valence-electron chi connectivity index (χ1n) is 4.47. The molecule has 3 nitrogen and oxygen atoms in total. The first-order chi connectivity index (χ1) is 6.17. The Balaban J connectivity index is 4.17. The molecule has 0 radical (unpaired) electrons. The van der Waals surface area contributed by atoms with Gasteiger partial charge in [0.2, 0.25) is 5.91 Å². The van der Waals surface area contributed by atoms with E-state index in [1.54, 1.807) is 11.9 Å². The Kier molecular flexibility index (Phi) is 6.68. The van der Waals surface area contributed by atoms with E-state index in [0.717, 1.165) is 12.0 Å². The zero-order valence-corrected chi connectivity index (χ0v) is 9.26. The van der Waals surface area contributed by atoms with Crippen molar-refractivity contribution >= 4 is 24.0 Å². The number of nitrogens with zero attached hydrogens (tertiary/aromatic N) is 1. The summed E-state index contributed by atoms with van der Waals surface area (Å²) in [4.78, 5) is 23.6. The van der Waals surface area contributed by atoms with Gasteiger partial charge in [0.05, 0.1) is 5.25 Å². The van der Waals surface area contributed by atoms with E-state index in [1.807, 2.05) is 13.8 Å². The number of carbonyl (C=O) groups is 2. The molecule has 76 valence electrons. The summed E-state index contributed by atoms with van der Waals surface area (Å²) in [7, 11) is 1.76. The lowest BCUT2D eigenvalue weighted by molar-refractivity contribution is -0.130. The van der Waals surface area contributed by atoms with Crippen LogP contribution in [0.5, 0.6) is 0 Å². The monoisotopic (exact) mass is 203 g/mol. The van der Waals surface area contributed by atoms with Crippen molar-refractivity contribution in [2.75, 3.05) is 19.3 Å². The molecule has 0 heterocycles. The van der Waals surface area contributed by atoms with Crippen LogP contribution in [0.4, 0.5) is 0 Å². The molecular formula is C9H17NO2S. The van der Waals surface area contributed by atoms with Crippen molar-refractivity contribution in [3.63, 3.8) is 0 Å². The maximum atomic E-state index is 11.6. The molecule has 0 saturated heterocycles. The summed E-state index contributed by atoms with van der Waals surface area (Å²) in [5.41, 5.74) is 0. The van der Waals surface area contributed by atoms with Gasteiger partial charge in [-0.3, -0.25) is 4.79 Å². The summed E-state index contributed by atoms with van der Waals surface area (Å²) in [6.07, 6.45) is 1.14. The van der Waals surface area contributed by atoms with E-state index < -0.39 is 0 Å². The molecule has 0 N–H and O–H groups in total. The van der Waals surface area contributed by atoms with Crippen LogP contribution >= 0.6 is 11.8 Å². The van der Waals surface area contributed by atoms with Crippen molar-refractivity contribution in [1.82, 2.24) is 4.90 Å². The second kappa shape index (κ2) is 6.95. The second-order valence-corrected chi connectivity index (χ2v) is 4.18. The van der Waals surface area contributed by atoms with Crippen LogP contribution in [0.25, 0.3) is 0 Å². The van der Waals surface area contributed by atoms with Crippen LogP contribution in [-0.2, 0) is 9.59 Å². The predicted octanol–water partition coefficient (Wildman–Crippen LogP) is 1.18. The van der Waals surface area contributed by atoms with E-state index in [9.17, 15) is 9.59 Å². The van der Waals surface area contributed by atoms with Crippen molar-refractivity contribution < 1.29 is 9.59 Å². The van der Waals surface area contributed by atoms with Gasteiger partial charge in [-0.05, 0) is 12.7 Å². The lowest BCUT2D eigenvalue weighted by Gasteiger charge is -2.20. The minimum absolute atomic E-state index is 0.0569. The van der Waals surface area contributed by atoms with Gasteiger partial charge in [-0.1, -0.05) is 6.92 Å². The SMILES string of the molecule is CCSC(CC=O)C(=O)N(C)CC. The largest absolute Gasteiger partial charge is 0.345 e. The fraction of sp³-hybridized carbons (Fsp3) is 0.778. The Morgan fingerprint density at radius 1 is 1.54 bits per heavy atom. The van der Waals surface area contributed by atoms with Gasteiger partial charge < -0.3 is 9.69 Å². The van der Waals surface area contributed by atoms with Gasteiger partial charge in [-0.25, -0.2) is 0 Å². The van der Waals surface area contributed by atoms with Gasteiger partial charge >= 0.3 is 0 Å². The highest BCUT2D eigenvalue weighted by Gasteiger charge is 2.20. The molecule has 0 aliphatic carbocycles. The van der Waals surface area contributed by atoms with Gasteiger partial charge in [0, 0.05) is 20.0 Å². The lowest BCUT2D eigenvalue weighted by atomic mass is 10.3. The summed E-state index contributed by atoms with van der Waals surface area (Å²) in [5, 5.41) is -0.188. The Hall–Kier alpha value is -0.510. The number of hydrogen-bond donors (Lipinski definition) is 0. The molecule has 1 unspecified atom stereocenters.